The van der Waals surface area contributed by atoms with Crippen molar-refractivity contribution in [3.8, 4) is 34.5 Å². The minimum atomic E-state index is -4.48. The number of aromatic nitrogens is 3. The van der Waals surface area contributed by atoms with E-state index in [2.05, 4.69) is 50.2 Å². The van der Waals surface area contributed by atoms with E-state index in [9.17, 15) is 27.6 Å². The van der Waals surface area contributed by atoms with E-state index < -0.39 is 24.4 Å². The van der Waals surface area contributed by atoms with Gasteiger partial charge >= 0.3 is 6.18 Å². The number of likely N-dealkylation sites (tertiary alicyclic amines) is 1. The summed E-state index contributed by atoms with van der Waals surface area (Å²) in [4.78, 5) is 40.2. The van der Waals surface area contributed by atoms with E-state index in [0.717, 1.165) is 64.6 Å². The van der Waals surface area contributed by atoms with Crippen molar-refractivity contribution in [2.75, 3.05) is 77.3 Å². The highest BCUT2D eigenvalue weighted by Gasteiger charge is 2.30. The Morgan fingerprint density at radius 1 is 0.944 bits per heavy atom. The zero-order chi connectivity index (χ0) is 50.5. The summed E-state index contributed by atoms with van der Waals surface area (Å²) < 4.78 is 81.4. The van der Waals surface area contributed by atoms with Crippen molar-refractivity contribution < 1.29 is 45.9 Å². The Balaban J connectivity index is 0.807. The van der Waals surface area contributed by atoms with E-state index in [1.165, 1.54) is 19.2 Å². The number of rotatable bonds is 21. The third kappa shape index (κ3) is 14.2. The van der Waals surface area contributed by atoms with Crippen LogP contribution in [0.2, 0.25) is 0 Å². The Labute approximate surface area is 408 Å². The number of nitrogens with one attached hydrogen (secondary N) is 4. The van der Waals surface area contributed by atoms with E-state index in [1.807, 2.05) is 44.2 Å². The summed E-state index contributed by atoms with van der Waals surface area (Å²) in [7, 11) is 3.42. The lowest BCUT2D eigenvalue weighted by Gasteiger charge is -2.30. The molecule has 19 heteroatoms. The van der Waals surface area contributed by atoms with Gasteiger partial charge in [0.25, 0.3) is 11.5 Å². The number of piperidine rings is 1. The Hall–Kier alpha value is -7.30. The number of amides is 2. The van der Waals surface area contributed by atoms with Crippen LogP contribution in [-0.2, 0) is 22.6 Å². The molecular formula is C52H58F4N8O7. The predicted molar refractivity (Wildman–Crippen MR) is 263 cm³/mol. The largest absolute Gasteiger partial charge is 0.495 e. The van der Waals surface area contributed by atoms with Gasteiger partial charge in [-0.3, -0.25) is 14.4 Å². The average molecular weight is 983 g/mol. The number of nitrogens with zero attached hydrogens (tertiary/aromatic N) is 4. The van der Waals surface area contributed by atoms with Crippen molar-refractivity contribution in [3.63, 3.8) is 0 Å². The van der Waals surface area contributed by atoms with Crippen LogP contribution in [0.5, 0.6) is 11.5 Å². The predicted octanol–water partition coefficient (Wildman–Crippen LogP) is 7.52. The van der Waals surface area contributed by atoms with Crippen LogP contribution in [0.3, 0.4) is 0 Å². The molecule has 15 nitrogen and oxygen atoms in total. The minimum absolute atomic E-state index is 0.0626. The number of carbonyl (C=O) groups is 2. The average Bonchev–Trinajstić information content (AvgIpc) is 3.87. The molecule has 0 atom stereocenters. The normalized spacial score (nSPS) is 13.1. The molecule has 0 spiro atoms. The van der Waals surface area contributed by atoms with Crippen molar-refractivity contribution >= 4 is 34.1 Å². The molecule has 3 aromatic heterocycles. The highest BCUT2D eigenvalue weighted by atomic mass is 19.4. The number of hydrogen-bond donors (Lipinski definition) is 4. The van der Waals surface area contributed by atoms with Gasteiger partial charge < -0.3 is 54.0 Å². The van der Waals surface area contributed by atoms with Gasteiger partial charge in [-0.1, -0.05) is 29.3 Å². The summed E-state index contributed by atoms with van der Waals surface area (Å²) in [6.07, 6.45) is -0.168. The van der Waals surface area contributed by atoms with Crippen LogP contribution in [0.15, 0.2) is 88.3 Å². The number of carbonyl (C=O) groups excluding carboxylic acids is 2. The van der Waals surface area contributed by atoms with Crippen LogP contribution >= 0.6 is 0 Å². The number of ether oxygens (including phenoxy) is 3. The molecule has 0 bridgehead atoms. The monoisotopic (exact) mass is 982 g/mol. The maximum absolute atomic E-state index is 15.3. The van der Waals surface area contributed by atoms with E-state index in [0.29, 0.717) is 42.0 Å². The maximum atomic E-state index is 15.3. The third-order valence-electron chi connectivity index (χ3n) is 12.0. The molecule has 4 heterocycles. The molecule has 71 heavy (non-hydrogen) atoms. The second-order valence-corrected chi connectivity index (χ2v) is 17.3. The Kier molecular flexibility index (Phi) is 17.4. The molecule has 6 aromatic rings. The molecule has 7 rings (SSSR count). The van der Waals surface area contributed by atoms with Crippen LogP contribution in [0, 0.1) is 31.5 Å². The van der Waals surface area contributed by atoms with Gasteiger partial charge in [0.15, 0.2) is 0 Å². The molecule has 376 valence electrons. The molecule has 1 aliphatic rings. The van der Waals surface area contributed by atoms with Gasteiger partial charge in [0.05, 0.1) is 68.2 Å². The quantitative estimate of drug-likeness (QED) is 0.0320. The van der Waals surface area contributed by atoms with Gasteiger partial charge in [0, 0.05) is 66.1 Å². The number of hydrogen-bond acceptors (Lipinski definition) is 11. The molecule has 2 amide bonds. The molecule has 4 N–H and O–H groups in total. The van der Waals surface area contributed by atoms with Gasteiger partial charge in [-0.2, -0.15) is 13.2 Å². The SMILES string of the molecule is COc1cc(C(=O)NCCOCCNC(=O)CCCOc2cccc(Cn3cc(-c4c(C)noc4C)ccc3=O)c2)c(F)cc1NCC#Cc1cc2c(NC3CCN(C)CC3)cccc2n1CC(F)(F)F. The lowest BCUT2D eigenvalue weighted by Crippen LogP contribution is -2.36. The topological polar surface area (TPSA) is 166 Å². The van der Waals surface area contributed by atoms with Crippen LogP contribution in [-0.4, -0.2) is 110 Å². The summed E-state index contributed by atoms with van der Waals surface area (Å²) >= 11 is 0. The summed E-state index contributed by atoms with van der Waals surface area (Å²) in [5, 5.41) is 16.5. The molecule has 0 unspecified atom stereocenters. The molecule has 0 aliphatic carbocycles. The summed E-state index contributed by atoms with van der Waals surface area (Å²) in [6, 6.07) is 20.1. The maximum Gasteiger partial charge on any atom is 0.406 e. The van der Waals surface area contributed by atoms with E-state index in [1.54, 1.807) is 35.0 Å². The Bertz CT molecular complexity index is 2910. The first-order valence-electron chi connectivity index (χ1n) is 23.4. The molecule has 1 saturated heterocycles. The number of benzene rings is 3. The van der Waals surface area contributed by atoms with Gasteiger partial charge in [0.1, 0.15) is 29.6 Å². The number of fused-ring (bicyclic) bond motifs is 1. The van der Waals surface area contributed by atoms with Crippen LogP contribution in [0.25, 0.3) is 22.0 Å². The van der Waals surface area contributed by atoms with Crippen molar-refractivity contribution in [1.29, 1.82) is 0 Å². The second-order valence-electron chi connectivity index (χ2n) is 17.3. The van der Waals surface area contributed by atoms with Gasteiger partial charge in [-0.15, -0.1) is 0 Å². The zero-order valence-corrected chi connectivity index (χ0v) is 40.1. The van der Waals surface area contributed by atoms with Gasteiger partial charge in [0.2, 0.25) is 5.91 Å². The fourth-order valence-electron chi connectivity index (χ4n) is 8.38. The van der Waals surface area contributed by atoms with Crippen LogP contribution < -0.4 is 36.3 Å². The van der Waals surface area contributed by atoms with Crippen molar-refractivity contribution in [2.24, 2.45) is 0 Å². The number of alkyl halides is 3. The van der Waals surface area contributed by atoms with Gasteiger partial charge in [-0.05, 0) is 107 Å². The summed E-state index contributed by atoms with van der Waals surface area (Å²) in [6.45, 7) is 5.49. The van der Waals surface area contributed by atoms with Crippen molar-refractivity contribution in [3.05, 3.63) is 123 Å². The van der Waals surface area contributed by atoms with Gasteiger partial charge in [-0.25, -0.2) is 4.39 Å². The number of aryl methyl sites for hydroxylation is 2. The molecule has 0 saturated carbocycles. The number of anilines is 2. The highest BCUT2D eigenvalue weighted by Crippen LogP contribution is 2.32. The molecular weight excluding hydrogens is 925 g/mol. The Morgan fingerprint density at radius 2 is 1.72 bits per heavy atom. The number of methoxy groups -OCH3 is 1. The lowest BCUT2D eigenvalue weighted by molar-refractivity contribution is -0.140. The molecule has 1 fully saturated rings. The molecule has 0 radical (unpaired) electrons. The number of pyridine rings is 1. The third-order valence-corrected chi connectivity index (χ3v) is 12.0. The standard InChI is InChI=1S/C52H58F4N8O7/c1-34-50(35(2)71-61-34)37-15-16-49(66)63(32-37)31-36-9-5-11-40(27-36)70-24-8-14-48(65)58-20-25-69-26-21-59-51(67)41-29-47(68-4)45(30-43(41)53)57-19-7-10-39-28-42-44(60-38-17-22-62(3)23-18-38)12-6-13-46(42)64(39)33-52(54,55)56/h5-6,9,11-13,15-16,27-30,32,38,57,60H,8,14,17-26,31,33H2,1-4H3,(H,58,65)(H,59,67). The smallest absolute Gasteiger partial charge is 0.406 e. The van der Waals surface area contributed by atoms with E-state index >= 15 is 4.39 Å². The Morgan fingerprint density at radius 3 is 2.46 bits per heavy atom. The second kappa shape index (κ2) is 24.0. The highest BCUT2D eigenvalue weighted by molar-refractivity contribution is 5.96. The molecule has 3 aromatic carbocycles. The fraction of sp³-hybridized carbons (Fsp3) is 0.385. The van der Waals surface area contributed by atoms with Crippen molar-refractivity contribution in [1.82, 2.24) is 29.8 Å². The number of halogens is 4. The first kappa shape index (κ1) is 51.5. The zero-order valence-electron chi connectivity index (χ0n) is 40.1. The fourth-order valence-corrected chi connectivity index (χ4v) is 8.38. The van der Waals surface area contributed by atoms with Crippen LogP contribution in [0.4, 0.5) is 28.9 Å². The first-order chi connectivity index (χ1) is 34.1. The minimum Gasteiger partial charge on any atom is -0.495 e. The van der Waals surface area contributed by atoms with E-state index in [4.69, 9.17) is 18.7 Å². The molecule has 1 aliphatic heterocycles. The van der Waals surface area contributed by atoms with Crippen molar-refractivity contribution in [2.45, 2.75) is 64.8 Å². The first-order valence-corrected chi connectivity index (χ1v) is 23.4. The lowest BCUT2D eigenvalue weighted by atomic mass is 10.0. The summed E-state index contributed by atoms with van der Waals surface area (Å²) in [5.74, 6) is 5.45. The van der Waals surface area contributed by atoms with Crippen LogP contribution in [0.1, 0.15) is 58.8 Å². The summed E-state index contributed by atoms with van der Waals surface area (Å²) in [5.41, 5.74) is 4.43. The van der Waals surface area contributed by atoms with E-state index in [-0.39, 0.29) is 79.5 Å².